The van der Waals surface area contributed by atoms with Crippen LogP contribution < -0.4 is 16.6 Å². The number of nitrogens with one attached hydrogen (secondary N) is 2. The SMILES string of the molecule is Cc1ccc(C(=O)Nc2nc(C3CC3)cs2)c(NN)c1. The Hall–Kier alpha value is -1.92. The number of thiazole rings is 1. The number of aryl methyl sites for hydroxylation is 1. The monoisotopic (exact) mass is 288 g/mol. The summed E-state index contributed by atoms with van der Waals surface area (Å²) in [4.78, 5) is 16.7. The second-order valence-corrected chi connectivity index (χ2v) is 5.86. The van der Waals surface area contributed by atoms with Crippen LogP contribution in [-0.2, 0) is 0 Å². The lowest BCUT2D eigenvalue weighted by molar-refractivity contribution is 0.102. The predicted molar refractivity (Wildman–Crippen MR) is 81.0 cm³/mol. The van der Waals surface area contributed by atoms with E-state index in [0.717, 1.165) is 11.3 Å². The van der Waals surface area contributed by atoms with Crippen LogP contribution in [0.4, 0.5) is 10.8 Å². The molecule has 0 bridgehead atoms. The number of hydrazine groups is 1. The van der Waals surface area contributed by atoms with Crippen LogP contribution in [0.1, 0.15) is 40.4 Å². The second-order valence-electron chi connectivity index (χ2n) is 5.00. The minimum Gasteiger partial charge on any atom is -0.323 e. The fourth-order valence-corrected chi connectivity index (χ4v) is 2.84. The molecule has 6 heteroatoms. The van der Waals surface area contributed by atoms with Crippen LogP contribution >= 0.6 is 11.3 Å². The third-order valence-corrected chi connectivity index (χ3v) is 4.09. The van der Waals surface area contributed by atoms with Crippen molar-refractivity contribution < 1.29 is 4.79 Å². The molecule has 20 heavy (non-hydrogen) atoms. The van der Waals surface area contributed by atoms with Crippen LogP contribution in [0.15, 0.2) is 23.6 Å². The molecule has 104 valence electrons. The van der Waals surface area contributed by atoms with Gasteiger partial charge in [-0.3, -0.25) is 16.0 Å². The number of nitrogens with zero attached hydrogens (tertiary/aromatic N) is 1. The van der Waals surface area contributed by atoms with Gasteiger partial charge in [-0.05, 0) is 37.5 Å². The molecular weight excluding hydrogens is 272 g/mol. The lowest BCUT2D eigenvalue weighted by atomic mass is 10.1. The summed E-state index contributed by atoms with van der Waals surface area (Å²) < 4.78 is 0. The Morgan fingerprint density at radius 3 is 2.95 bits per heavy atom. The number of nitrogen functional groups attached to an aromatic ring is 1. The van der Waals surface area contributed by atoms with Crippen molar-refractivity contribution in [3.05, 3.63) is 40.4 Å². The molecule has 2 aromatic rings. The number of hydrogen-bond acceptors (Lipinski definition) is 5. The summed E-state index contributed by atoms with van der Waals surface area (Å²) in [7, 11) is 0. The molecule has 1 aliphatic carbocycles. The first-order valence-corrected chi connectivity index (χ1v) is 7.39. The molecule has 5 nitrogen and oxygen atoms in total. The van der Waals surface area contributed by atoms with Gasteiger partial charge in [0.25, 0.3) is 5.91 Å². The minimum atomic E-state index is -0.199. The number of amides is 1. The third-order valence-electron chi connectivity index (χ3n) is 3.31. The van der Waals surface area contributed by atoms with Gasteiger partial charge in [-0.15, -0.1) is 11.3 Å². The molecular formula is C14H16N4OS. The molecule has 0 radical (unpaired) electrons. The van der Waals surface area contributed by atoms with Crippen molar-refractivity contribution >= 4 is 28.1 Å². The van der Waals surface area contributed by atoms with E-state index in [2.05, 4.69) is 15.7 Å². The Labute approximate surface area is 121 Å². The highest BCUT2D eigenvalue weighted by Crippen LogP contribution is 2.40. The van der Waals surface area contributed by atoms with E-state index in [4.69, 9.17) is 5.84 Å². The summed E-state index contributed by atoms with van der Waals surface area (Å²) in [5.41, 5.74) is 5.82. The number of benzene rings is 1. The highest BCUT2D eigenvalue weighted by atomic mass is 32.1. The zero-order chi connectivity index (χ0) is 14.1. The zero-order valence-electron chi connectivity index (χ0n) is 11.1. The molecule has 0 spiro atoms. The lowest BCUT2D eigenvalue weighted by Crippen LogP contribution is -2.17. The maximum Gasteiger partial charge on any atom is 0.259 e. The topological polar surface area (TPSA) is 80.0 Å². The highest BCUT2D eigenvalue weighted by Gasteiger charge is 2.26. The van der Waals surface area contributed by atoms with Crippen molar-refractivity contribution in [2.45, 2.75) is 25.7 Å². The van der Waals surface area contributed by atoms with E-state index in [1.54, 1.807) is 6.07 Å². The Kier molecular flexibility index (Phi) is 3.42. The molecule has 1 saturated carbocycles. The Morgan fingerprint density at radius 2 is 2.25 bits per heavy atom. The summed E-state index contributed by atoms with van der Waals surface area (Å²) in [5.74, 6) is 5.86. The van der Waals surface area contributed by atoms with Gasteiger partial charge in [-0.1, -0.05) is 6.07 Å². The van der Waals surface area contributed by atoms with Crippen molar-refractivity contribution in [3.63, 3.8) is 0 Å². The maximum absolute atomic E-state index is 12.3. The Morgan fingerprint density at radius 1 is 1.45 bits per heavy atom. The van der Waals surface area contributed by atoms with Gasteiger partial charge in [0.05, 0.1) is 16.9 Å². The van der Waals surface area contributed by atoms with Gasteiger partial charge in [0.15, 0.2) is 5.13 Å². The van der Waals surface area contributed by atoms with Gasteiger partial charge in [-0.25, -0.2) is 4.98 Å². The molecule has 0 atom stereocenters. The van der Waals surface area contributed by atoms with Crippen molar-refractivity contribution in [3.8, 4) is 0 Å². The number of nitrogens with two attached hydrogens (primary N) is 1. The standard InChI is InChI=1S/C14H16N4OS/c1-8-2-5-10(11(6-8)18-15)13(19)17-14-16-12(7-20-14)9-3-4-9/h2,5-7,9,18H,3-4,15H2,1H3,(H,16,17,19). The summed E-state index contributed by atoms with van der Waals surface area (Å²) in [6.07, 6.45) is 2.41. The average molecular weight is 288 g/mol. The summed E-state index contributed by atoms with van der Waals surface area (Å²) in [5, 5.41) is 5.49. The third kappa shape index (κ3) is 2.66. The normalized spacial score (nSPS) is 14.1. The zero-order valence-corrected chi connectivity index (χ0v) is 12.0. The minimum absolute atomic E-state index is 0.199. The molecule has 1 heterocycles. The van der Waals surface area contributed by atoms with Crippen molar-refractivity contribution in [1.29, 1.82) is 0 Å². The molecule has 1 fully saturated rings. The van der Waals surface area contributed by atoms with Crippen LogP contribution in [-0.4, -0.2) is 10.9 Å². The molecule has 1 amide bonds. The first kappa shape index (κ1) is 13.1. The summed E-state index contributed by atoms with van der Waals surface area (Å²) >= 11 is 1.46. The van der Waals surface area contributed by atoms with Gasteiger partial charge >= 0.3 is 0 Å². The van der Waals surface area contributed by atoms with E-state index in [1.165, 1.54) is 24.2 Å². The number of hydrogen-bond donors (Lipinski definition) is 3. The number of aromatic nitrogens is 1. The van der Waals surface area contributed by atoms with Crippen molar-refractivity contribution in [2.24, 2.45) is 5.84 Å². The van der Waals surface area contributed by atoms with Crippen LogP contribution in [0, 0.1) is 6.92 Å². The average Bonchev–Trinajstić information content (AvgIpc) is 3.19. The number of anilines is 2. The van der Waals surface area contributed by atoms with E-state index in [-0.39, 0.29) is 5.91 Å². The molecule has 1 aliphatic rings. The summed E-state index contributed by atoms with van der Waals surface area (Å²) in [6.45, 7) is 1.95. The Balaban J connectivity index is 1.77. The quantitative estimate of drug-likeness (QED) is 0.597. The van der Waals surface area contributed by atoms with E-state index in [0.29, 0.717) is 22.3 Å². The lowest BCUT2D eigenvalue weighted by Gasteiger charge is -2.09. The fraction of sp³-hybridized carbons (Fsp3) is 0.286. The largest absolute Gasteiger partial charge is 0.323 e. The maximum atomic E-state index is 12.3. The van der Waals surface area contributed by atoms with Crippen molar-refractivity contribution in [1.82, 2.24) is 4.98 Å². The van der Waals surface area contributed by atoms with Crippen LogP contribution in [0.5, 0.6) is 0 Å². The van der Waals surface area contributed by atoms with Crippen molar-refractivity contribution in [2.75, 3.05) is 10.7 Å². The van der Waals surface area contributed by atoms with Gasteiger partial charge in [0.1, 0.15) is 0 Å². The Bertz CT molecular complexity index is 648. The van der Waals surface area contributed by atoms with Gasteiger partial charge in [0.2, 0.25) is 0 Å². The number of carbonyl (C=O) groups is 1. The molecule has 0 saturated heterocycles. The first-order chi connectivity index (χ1) is 9.67. The smallest absolute Gasteiger partial charge is 0.259 e. The van der Waals surface area contributed by atoms with Crippen LogP contribution in [0.2, 0.25) is 0 Å². The van der Waals surface area contributed by atoms with E-state index < -0.39 is 0 Å². The number of carbonyl (C=O) groups excluding carboxylic acids is 1. The van der Waals surface area contributed by atoms with E-state index in [1.807, 2.05) is 24.4 Å². The van der Waals surface area contributed by atoms with Gasteiger partial charge in [0, 0.05) is 11.3 Å². The highest BCUT2D eigenvalue weighted by molar-refractivity contribution is 7.14. The van der Waals surface area contributed by atoms with Gasteiger partial charge < -0.3 is 5.43 Å². The van der Waals surface area contributed by atoms with E-state index in [9.17, 15) is 4.79 Å². The predicted octanol–water partition coefficient (Wildman–Crippen LogP) is 2.87. The second kappa shape index (κ2) is 5.22. The molecule has 3 rings (SSSR count). The summed E-state index contributed by atoms with van der Waals surface area (Å²) in [6, 6.07) is 5.48. The molecule has 4 N–H and O–H groups in total. The fourth-order valence-electron chi connectivity index (χ4n) is 2.05. The molecule has 1 aromatic carbocycles. The van der Waals surface area contributed by atoms with E-state index >= 15 is 0 Å². The van der Waals surface area contributed by atoms with Gasteiger partial charge in [-0.2, -0.15) is 0 Å². The molecule has 0 aliphatic heterocycles. The number of rotatable bonds is 4. The van der Waals surface area contributed by atoms with Crippen LogP contribution in [0.25, 0.3) is 0 Å². The van der Waals surface area contributed by atoms with Crippen LogP contribution in [0.3, 0.4) is 0 Å². The first-order valence-electron chi connectivity index (χ1n) is 6.51. The molecule has 1 aromatic heterocycles. The molecule has 0 unspecified atom stereocenters.